The van der Waals surface area contributed by atoms with Crippen molar-refractivity contribution < 1.29 is 19.4 Å². The number of carboxylic acid groups (broad SMARTS) is 1. The zero-order valence-corrected chi connectivity index (χ0v) is 12.0. The maximum Gasteiger partial charge on any atom is 0.346 e. The van der Waals surface area contributed by atoms with Gasteiger partial charge >= 0.3 is 12.0 Å². The molecule has 2 N–H and O–H groups in total. The van der Waals surface area contributed by atoms with Crippen LogP contribution in [0.4, 0.5) is 10.5 Å². The van der Waals surface area contributed by atoms with Crippen LogP contribution >= 0.6 is 0 Å². The summed E-state index contributed by atoms with van der Waals surface area (Å²) in [6, 6.07) is 6.68. The quantitative estimate of drug-likeness (QED) is 0.816. The summed E-state index contributed by atoms with van der Waals surface area (Å²) in [6.07, 6.45) is 2.01. The normalized spacial score (nSPS) is 16.8. The lowest BCUT2D eigenvalue weighted by Gasteiger charge is -2.33. The predicted molar refractivity (Wildman–Crippen MR) is 78.8 cm³/mol. The summed E-state index contributed by atoms with van der Waals surface area (Å²) in [7, 11) is 0. The first-order valence-corrected chi connectivity index (χ1v) is 7.17. The molecule has 1 aliphatic heterocycles. The molecule has 2 amide bonds. The monoisotopic (exact) mass is 292 g/mol. The fraction of sp³-hybridized carbons (Fsp3) is 0.467. The van der Waals surface area contributed by atoms with Crippen molar-refractivity contribution in [2.45, 2.75) is 32.3 Å². The minimum absolute atomic E-state index is 0.00591. The number of anilines is 1. The molecule has 0 saturated carbocycles. The van der Waals surface area contributed by atoms with Crippen LogP contribution in [-0.2, 0) is 4.79 Å². The number of benzene rings is 1. The summed E-state index contributed by atoms with van der Waals surface area (Å²) in [4.78, 5) is 24.8. The van der Waals surface area contributed by atoms with Crippen LogP contribution in [0.15, 0.2) is 24.3 Å². The van der Waals surface area contributed by atoms with Crippen molar-refractivity contribution in [2.75, 3.05) is 18.0 Å². The van der Waals surface area contributed by atoms with Gasteiger partial charge in [0, 0.05) is 6.54 Å². The Balaban J connectivity index is 2.09. The molecule has 6 heteroatoms. The van der Waals surface area contributed by atoms with Gasteiger partial charge in [-0.05, 0) is 18.6 Å². The molecule has 0 aromatic heterocycles. The minimum Gasteiger partial charge on any atom is -0.478 e. The summed E-state index contributed by atoms with van der Waals surface area (Å²) in [5.74, 6) is -0.659. The molecule has 0 aliphatic carbocycles. The Morgan fingerprint density at radius 2 is 2.14 bits per heavy atom. The summed E-state index contributed by atoms with van der Waals surface area (Å²) in [6.45, 7) is 2.69. The van der Waals surface area contributed by atoms with Crippen LogP contribution in [-0.4, -0.2) is 36.3 Å². The summed E-state index contributed by atoms with van der Waals surface area (Å²) in [5, 5.41) is 12.0. The van der Waals surface area contributed by atoms with E-state index in [2.05, 4.69) is 12.2 Å². The van der Waals surface area contributed by atoms with E-state index in [4.69, 9.17) is 9.84 Å². The van der Waals surface area contributed by atoms with Crippen molar-refractivity contribution in [1.29, 1.82) is 0 Å². The third-order valence-corrected chi connectivity index (χ3v) is 3.35. The molecule has 1 aromatic rings. The lowest BCUT2D eigenvalue weighted by molar-refractivity contribution is -0.144. The number of carbonyl (C=O) groups excluding carboxylic acids is 1. The van der Waals surface area contributed by atoms with Gasteiger partial charge in [0.1, 0.15) is 5.75 Å². The molecule has 6 nitrogen and oxygen atoms in total. The molecule has 0 fully saturated rings. The van der Waals surface area contributed by atoms with Gasteiger partial charge in [-0.25, -0.2) is 9.59 Å². The van der Waals surface area contributed by atoms with Gasteiger partial charge in [-0.1, -0.05) is 31.9 Å². The highest BCUT2D eigenvalue weighted by atomic mass is 16.5. The Morgan fingerprint density at radius 3 is 2.86 bits per heavy atom. The Hall–Kier alpha value is -2.24. The average molecular weight is 292 g/mol. The van der Waals surface area contributed by atoms with Crippen LogP contribution in [0.25, 0.3) is 0 Å². The van der Waals surface area contributed by atoms with Gasteiger partial charge in [0.25, 0.3) is 0 Å². The van der Waals surface area contributed by atoms with E-state index in [1.54, 1.807) is 24.3 Å². The molecule has 0 saturated heterocycles. The van der Waals surface area contributed by atoms with Crippen LogP contribution in [0, 0.1) is 0 Å². The Kier molecular flexibility index (Phi) is 5.03. The highest BCUT2D eigenvalue weighted by Gasteiger charge is 2.33. The number of nitrogens with zero attached hydrogens (tertiary/aromatic N) is 1. The molecule has 1 atom stereocenters. The molecule has 1 heterocycles. The van der Waals surface area contributed by atoms with Gasteiger partial charge in [0.2, 0.25) is 6.10 Å². The van der Waals surface area contributed by atoms with E-state index in [0.29, 0.717) is 18.0 Å². The Morgan fingerprint density at radius 1 is 1.38 bits per heavy atom. The Labute approximate surface area is 123 Å². The first-order valence-electron chi connectivity index (χ1n) is 7.17. The van der Waals surface area contributed by atoms with Gasteiger partial charge in [-0.2, -0.15) is 0 Å². The van der Waals surface area contributed by atoms with E-state index < -0.39 is 12.1 Å². The van der Waals surface area contributed by atoms with Crippen LogP contribution in [0.2, 0.25) is 0 Å². The second-order valence-corrected chi connectivity index (χ2v) is 4.96. The highest BCUT2D eigenvalue weighted by Crippen LogP contribution is 2.33. The number of para-hydroxylation sites is 2. The number of carboxylic acids is 1. The number of fused-ring (bicyclic) bond motifs is 1. The largest absolute Gasteiger partial charge is 0.478 e. The second kappa shape index (κ2) is 6.97. The molecule has 0 radical (unpaired) electrons. The van der Waals surface area contributed by atoms with Crippen molar-refractivity contribution in [3.8, 4) is 5.75 Å². The van der Waals surface area contributed by atoms with E-state index >= 15 is 0 Å². The number of aliphatic carboxylic acids is 1. The van der Waals surface area contributed by atoms with Gasteiger partial charge < -0.3 is 15.2 Å². The van der Waals surface area contributed by atoms with E-state index in [1.807, 2.05) is 0 Å². The van der Waals surface area contributed by atoms with Crippen LogP contribution < -0.4 is 15.0 Å². The van der Waals surface area contributed by atoms with Crippen LogP contribution in [0.3, 0.4) is 0 Å². The van der Waals surface area contributed by atoms with Crippen LogP contribution in [0.1, 0.15) is 26.2 Å². The molecule has 0 spiro atoms. The SMILES string of the molecule is CCCCCNC(=O)N1CC(C(=O)O)Oc2ccccc21. The molecule has 114 valence electrons. The molecule has 21 heavy (non-hydrogen) atoms. The number of ether oxygens (including phenoxy) is 1. The third kappa shape index (κ3) is 3.65. The zero-order chi connectivity index (χ0) is 15.2. The first kappa shape index (κ1) is 15.2. The number of hydrogen-bond donors (Lipinski definition) is 2. The van der Waals surface area contributed by atoms with Crippen molar-refractivity contribution >= 4 is 17.7 Å². The molecular formula is C15H20N2O4. The van der Waals surface area contributed by atoms with Crippen molar-refractivity contribution in [3.05, 3.63) is 24.3 Å². The number of rotatable bonds is 5. The average Bonchev–Trinajstić information content (AvgIpc) is 2.50. The fourth-order valence-electron chi connectivity index (χ4n) is 2.22. The molecule has 1 aliphatic rings. The van der Waals surface area contributed by atoms with Crippen molar-refractivity contribution in [1.82, 2.24) is 5.32 Å². The predicted octanol–water partition coefficient (Wildman–Crippen LogP) is 2.24. The first-order chi connectivity index (χ1) is 10.1. The smallest absolute Gasteiger partial charge is 0.346 e. The second-order valence-electron chi connectivity index (χ2n) is 4.96. The number of urea groups is 1. The zero-order valence-electron chi connectivity index (χ0n) is 12.0. The number of amides is 2. The molecule has 0 bridgehead atoms. The standard InChI is InChI=1S/C15H20N2O4/c1-2-3-6-9-16-15(20)17-10-13(14(18)19)21-12-8-5-4-7-11(12)17/h4-5,7-8,13H,2-3,6,9-10H2,1H3,(H,16,20)(H,18,19). The lowest BCUT2D eigenvalue weighted by Crippen LogP contribution is -2.50. The number of nitrogens with one attached hydrogen (secondary N) is 1. The molecular weight excluding hydrogens is 272 g/mol. The maximum atomic E-state index is 12.3. The lowest BCUT2D eigenvalue weighted by atomic mass is 10.2. The minimum atomic E-state index is -1.08. The fourth-order valence-corrected chi connectivity index (χ4v) is 2.22. The van der Waals surface area contributed by atoms with Crippen LogP contribution in [0.5, 0.6) is 5.75 Å². The number of hydrogen-bond acceptors (Lipinski definition) is 3. The van der Waals surface area contributed by atoms with Gasteiger partial charge in [-0.15, -0.1) is 0 Å². The van der Waals surface area contributed by atoms with Gasteiger partial charge in [0.15, 0.2) is 0 Å². The van der Waals surface area contributed by atoms with E-state index in [-0.39, 0.29) is 12.6 Å². The molecule has 2 rings (SSSR count). The van der Waals surface area contributed by atoms with Gasteiger partial charge in [-0.3, -0.25) is 4.90 Å². The Bertz CT molecular complexity index is 518. The molecule has 1 aromatic carbocycles. The summed E-state index contributed by atoms with van der Waals surface area (Å²) < 4.78 is 5.40. The number of unbranched alkanes of at least 4 members (excludes halogenated alkanes) is 2. The topological polar surface area (TPSA) is 78.9 Å². The van der Waals surface area contributed by atoms with Crippen molar-refractivity contribution in [3.63, 3.8) is 0 Å². The number of carbonyl (C=O) groups is 2. The van der Waals surface area contributed by atoms with E-state index in [1.165, 1.54) is 4.90 Å². The molecule has 1 unspecified atom stereocenters. The highest BCUT2D eigenvalue weighted by molar-refractivity contribution is 5.95. The third-order valence-electron chi connectivity index (χ3n) is 3.35. The summed E-state index contributed by atoms with van der Waals surface area (Å²) in [5.41, 5.74) is 0.600. The maximum absolute atomic E-state index is 12.3. The summed E-state index contributed by atoms with van der Waals surface area (Å²) >= 11 is 0. The van der Waals surface area contributed by atoms with E-state index in [9.17, 15) is 9.59 Å². The van der Waals surface area contributed by atoms with E-state index in [0.717, 1.165) is 19.3 Å². The van der Waals surface area contributed by atoms with Crippen molar-refractivity contribution in [2.24, 2.45) is 0 Å². The van der Waals surface area contributed by atoms with Gasteiger partial charge in [0.05, 0.1) is 12.2 Å².